The molecule has 1 fully saturated rings. The van der Waals surface area contributed by atoms with Gasteiger partial charge in [0.05, 0.1) is 16.8 Å². The Balaban J connectivity index is 1.93. The molecule has 0 saturated carbocycles. The van der Waals surface area contributed by atoms with Crippen molar-refractivity contribution in [1.29, 1.82) is 0 Å². The van der Waals surface area contributed by atoms with Gasteiger partial charge in [0.25, 0.3) is 0 Å². The molecule has 1 unspecified atom stereocenters. The first-order valence-corrected chi connectivity index (χ1v) is 6.22. The molecule has 0 aromatic carbocycles. The van der Waals surface area contributed by atoms with Gasteiger partial charge in [0.15, 0.2) is 0 Å². The van der Waals surface area contributed by atoms with Crippen molar-refractivity contribution in [3.05, 3.63) is 22.8 Å². The van der Waals surface area contributed by atoms with E-state index in [1.165, 1.54) is 0 Å². The fourth-order valence-corrected chi connectivity index (χ4v) is 1.96. The Morgan fingerprint density at radius 2 is 2.47 bits per heavy atom. The molecular formula is C12H17ClN2O2. The van der Waals surface area contributed by atoms with Crippen LogP contribution in [0.25, 0.3) is 0 Å². The van der Waals surface area contributed by atoms with Crippen molar-refractivity contribution in [3.8, 4) is 5.88 Å². The molecule has 94 valence electrons. The molecule has 2 heterocycles. The van der Waals surface area contributed by atoms with Gasteiger partial charge in [-0.05, 0) is 26.0 Å². The van der Waals surface area contributed by atoms with Crippen molar-refractivity contribution in [3.63, 3.8) is 0 Å². The summed E-state index contributed by atoms with van der Waals surface area (Å²) in [6, 6.07) is 3.60. The molecule has 1 saturated heterocycles. The fourth-order valence-electron chi connectivity index (χ4n) is 1.79. The molecule has 2 rings (SSSR count). The molecule has 0 bridgehead atoms. The summed E-state index contributed by atoms with van der Waals surface area (Å²) < 4.78 is 11.1. The predicted molar refractivity (Wildman–Crippen MR) is 66.5 cm³/mol. The summed E-state index contributed by atoms with van der Waals surface area (Å²) >= 11 is 6.02. The first kappa shape index (κ1) is 12.6. The van der Waals surface area contributed by atoms with E-state index in [-0.39, 0.29) is 6.10 Å². The predicted octanol–water partition coefficient (Wildman–Crippen LogP) is 2.01. The van der Waals surface area contributed by atoms with E-state index in [0.29, 0.717) is 24.1 Å². The van der Waals surface area contributed by atoms with Crippen molar-refractivity contribution in [2.45, 2.75) is 25.5 Å². The SMILES string of the molecule is CNCc1nc(OCC2CCCO2)ccc1Cl. The van der Waals surface area contributed by atoms with Crippen molar-refractivity contribution in [2.24, 2.45) is 0 Å². The van der Waals surface area contributed by atoms with Gasteiger partial charge in [-0.1, -0.05) is 11.6 Å². The van der Waals surface area contributed by atoms with Crippen LogP contribution in [0.2, 0.25) is 5.02 Å². The van der Waals surface area contributed by atoms with Gasteiger partial charge >= 0.3 is 0 Å². The van der Waals surface area contributed by atoms with Gasteiger partial charge < -0.3 is 14.8 Å². The van der Waals surface area contributed by atoms with E-state index in [1.54, 1.807) is 6.07 Å². The molecule has 1 aliphatic heterocycles. The smallest absolute Gasteiger partial charge is 0.213 e. The van der Waals surface area contributed by atoms with Crippen LogP contribution in [0, 0.1) is 0 Å². The minimum atomic E-state index is 0.209. The number of nitrogens with zero attached hydrogens (tertiary/aromatic N) is 1. The molecule has 1 aromatic rings. The summed E-state index contributed by atoms with van der Waals surface area (Å²) in [5.41, 5.74) is 0.805. The number of nitrogens with one attached hydrogen (secondary N) is 1. The molecule has 1 aromatic heterocycles. The van der Waals surface area contributed by atoms with Crippen molar-refractivity contribution in [1.82, 2.24) is 10.3 Å². The Bertz CT molecular complexity index is 368. The second kappa shape index (κ2) is 6.19. The zero-order chi connectivity index (χ0) is 12.1. The first-order valence-electron chi connectivity index (χ1n) is 5.84. The van der Waals surface area contributed by atoms with E-state index in [4.69, 9.17) is 21.1 Å². The second-order valence-corrected chi connectivity index (χ2v) is 4.46. The Kier molecular flexibility index (Phi) is 4.59. The molecule has 0 radical (unpaired) electrons. The summed E-state index contributed by atoms with van der Waals surface area (Å²) in [5.74, 6) is 0.607. The minimum Gasteiger partial charge on any atom is -0.475 e. The monoisotopic (exact) mass is 256 g/mol. The zero-order valence-electron chi connectivity index (χ0n) is 9.91. The lowest BCUT2D eigenvalue weighted by molar-refractivity contribution is 0.0662. The lowest BCUT2D eigenvalue weighted by atomic mass is 10.2. The number of hydrogen-bond acceptors (Lipinski definition) is 4. The van der Waals surface area contributed by atoms with Gasteiger partial charge in [-0.2, -0.15) is 0 Å². The van der Waals surface area contributed by atoms with Crippen molar-refractivity contribution >= 4 is 11.6 Å². The largest absolute Gasteiger partial charge is 0.475 e. The molecule has 0 spiro atoms. The molecule has 1 aliphatic rings. The number of pyridine rings is 1. The number of ether oxygens (including phenoxy) is 2. The van der Waals surface area contributed by atoms with Crippen LogP contribution >= 0.6 is 11.6 Å². The average Bonchev–Trinajstić information content (AvgIpc) is 2.83. The summed E-state index contributed by atoms with van der Waals surface area (Å²) in [7, 11) is 1.86. The highest BCUT2D eigenvalue weighted by Gasteiger charge is 2.16. The fraction of sp³-hybridized carbons (Fsp3) is 0.583. The van der Waals surface area contributed by atoms with Crippen LogP contribution in [0.5, 0.6) is 5.88 Å². The molecule has 17 heavy (non-hydrogen) atoms. The highest BCUT2D eigenvalue weighted by atomic mass is 35.5. The maximum atomic E-state index is 6.02. The maximum absolute atomic E-state index is 6.02. The summed E-state index contributed by atoms with van der Waals surface area (Å²) in [5, 5.41) is 3.68. The zero-order valence-corrected chi connectivity index (χ0v) is 10.7. The lowest BCUT2D eigenvalue weighted by Crippen LogP contribution is -2.17. The van der Waals surface area contributed by atoms with Gasteiger partial charge in [0.2, 0.25) is 5.88 Å². The third-order valence-electron chi connectivity index (χ3n) is 2.68. The number of halogens is 1. The normalized spacial score (nSPS) is 19.5. The van der Waals surface area contributed by atoms with E-state index >= 15 is 0 Å². The third kappa shape index (κ3) is 3.56. The van der Waals surface area contributed by atoms with E-state index in [9.17, 15) is 0 Å². The van der Waals surface area contributed by atoms with Crippen LogP contribution in [-0.2, 0) is 11.3 Å². The van der Waals surface area contributed by atoms with Crippen LogP contribution < -0.4 is 10.1 Å². The van der Waals surface area contributed by atoms with Gasteiger partial charge in [0.1, 0.15) is 6.61 Å². The highest BCUT2D eigenvalue weighted by molar-refractivity contribution is 6.31. The molecule has 0 aliphatic carbocycles. The Morgan fingerprint density at radius 3 is 3.18 bits per heavy atom. The lowest BCUT2D eigenvalue weighted by Gasteiger charge is -2.12. The van der Waals surface area contributed by atoms with Crippen LogP contribution in [0.4, 0.5) is 0 Å². The van der Waals surface area contributed by atoms with Crippen molar-refractivity contribution in [2.75, 3.05) is 20.3 Å². The van der Waals surface area contributed by atoms with Gasteiger partial charge in [0, 0.05) is 19.2 Å². The highest BCUT2D eigenvalue weighted by Crippen LogP contribution is 2.19. The van der Waals surface area contributed by atoms with Gasteiger partial charge in [-0.3, -0.25) is 0 Å². The van der Waals surface area contributed by atoms with E-state index in [1.807, 2.05) is 13.1 Å². The van der Waals surface area contributed by atoms with Gasteiger partial charge in [-0.25, -0.2) is 4.98 Å². The summed E-state index contributed by atoms with van der Waals surface area (Å²) in [4.78, 5) is 4.35. The standard InChI is InChI=1S/C12H17ClN2O2/c1-14-7-11-10(13)4-5-12(15-11)17-8-9-3-2-6-16-9/h4-5,9,14H,2-3,6-8H2,1H3. The van der Waals surface area contributed by atoms with E-state index in [0.717, 1.165) is 25.1 Å². The van der Waals surface area contributed by atoms with E-state index < -0.39 is 0 Å². The number of aromatic nitrogens is 1. The Labute approximate surface area is 106 Å². The number of hydrogen-bond donors (Lipinski definition) is 1. The second-order valence-electron chi connectivity index (χ2n) is 4.05. The third-order valence-corrected chi connectivity index (χ3v) is 3.02. The molecule has 5 heteroatoms. The van der Waals surface area contributed by atoms with E-state index in [2.05, 4.69) is 10.3 Å². The molecule has 1 atom stereocenters. The molecule has 4 nitrogen and oxygen atoms in total. The minimum absolute atomic E-state index is 0.209. The molecule has 0 amide bonds. The quantitative estimate of drug-likeness (QED) is 0.875. The molecular weight excluding hydrogens is 240 g/mol. The van der Waals surface area contributed by atoms with Gasteiger partial charge in [-0.15, -0.1) is 0 Å². The van der Waals surface area contributed by atoms with Crippen LogP contribution in [0.1, 0.15) is 18.5 Å². The van der Waals surface area contributed by atoms with Crippen LogP contribution in [0.3, 0.4) is 0 Å². The van der Waals surface area contributed by atoms with Crippen LogP contribution in [-0.4, -0.2) is 31.3 Å². The number of rotatable bonds is 5. The first-order chi connectivity index (χ1) is 8.29. The van der Waals surface area contributed by atoms with Crippen LogP contribution in [0.15, 0.2) is 12.1 Å². The molecule has 1 N–H and O–H groups in total. The maximum Gasteiger partial charge on any atom is 0.213 e. The Hall–Kier alpha value is -0.840. The van der Waals surface area contributed by atoms with Crippen molar-refractivity contribution < 1.29 is 9.47 Å². The Morgan fingerprint density at radius 1 is 1.59 bits per heavy atom. The summed E-state index contributed by atoms with van der Waals surface area (Å²) in [6.45, 7) is 2.04. The summed E-state index contributed by atoms with van der Waals surface area (Å²) in [6.07, 6.45) is 2.39. The average molecular weight is 257 g/mol. The topological polar surface area (TPSA) is 43.4 Å².